The van der Waals surface area contributed by atoms with Gasteiger partial charge in [-0.1, -0.05) is 141 Å². The number of nitrogens with one attached hydrogen (secondary N) is 1. The van der Waals surface area contributed by atoms with Crippen LogP contribution in [0.4, 0.5) is 0 Å². The van der Waals surface area contributed by atoms with Gasteiger partial charge >= 0.3 is 0 Å². The van der Waals surface area contributed by atoms with Crippen molar-refractivity contribution in [3.05, 3.63) is 174 Å². The fourth-order valence-electron chi connectivity index (χ4n) is 5.86. The van der Waals surface area contributed by atoms with E-state index in [2.05, 4.69) is 25.3 Å². The molecule has 0 amide bonds. The average molecular weight is 664 g/mol. The molecule has 50 heavy (non-hydrogen) atoms. The summed E-state index contributed by atoms with van der Waals surface area (Å²) in [6.07, 6.45) is 1.82. The van der Waals surface area contributed by atoms with Gasteiger partial charge in [-0.3, -0.25) is 5.41 Å². The minimum atomic E-state index is 0.0386. The lowest BCUT2D eigenvalue weighted by Crippen LogP contribution is -2.07. The van der Waals surface area contributed by atoms with Gasteiger partial charge < -0.3 is 4.42 Å². The molecule has 0 unspecified atom stereocenters. The first-order valence-corrected chi connectivity index (χ1v) is 16.8. The maximum absolute atomic E-state index is 9.15. The zero-order valence-electron chi connectivity index (χ0n) is 26.9. The second-order valence-electron chi connectivity index (χ2n) is 11.6. The van der Waals surface area contributed by atoms with Crippen LogP contribution in [0.3, 0.4) is 0 Å². The predicted octanol–water partition coefficient (Wildman–Crippen LogP) is 11.0. The molecular formula is C43H29N5OS. The first kappa shape index (κ1) is 30.7. The van der Waals surface area contributed by atoms with E-state index in [1.165, 1.54) is 0 Å². The Bertz CT molecular complexity index is 2490. The van der Waals surface area contributed by atoms with Crippen molar-refractivity contribution < 1.29 is 4.42 Å². The number of para-hydroxylation sites is 1. The van der Waals surface area contributed by atoms with E-state index in [9.17, 15) is 0 Å². The van der Waals surface area contributed by atoms with E-state index in [0.29, 0.717) is 34.5 Å². The zero-order valence-corrected chi connectivity index (χ0v) is 27.7. The van der Waals surface area contributed by atoms with Crippen molar-refractivity contribution in [2.45, 2.75) is 0 Å². The van der Waals surface area contributed by atoms with E-state index in [-0.39, 0.29) is 5.84 Å². The minimum absolute atomic E-state index is 0.0386. The third-order valence-corrected chi connectivity index (χ3v) is 9.61. The molecule has 5 aromatic carbocycles. The first-order valence-electron chi connectivity index (χ1n) is 16.0. The number of amidine groups is 1. The minimum Gasteiger partial charge on any atom is -0.454 e. The number of hydrogen-bond donors (Lipinski definition) is 1. The van der Waals surface area contributed by atoms with E-state index in [4.69, 9.17) is 29.8 Å². The van der Waals surface area contributed by atoms with E-state index in [1.54, 1.807) is 11.3 Å². The van der Waals surface area contributed by atoms with Gasteiger partial charge in [-0.05, 0) is 18.2 Å². The van der Waals surface area contributed by atoms with Gasteiger partial charge in [0.1, 0.15) is 11.3 Å². The summed E-state index contributed by atoms with van der Waals surface area (Å²) in [4.78, 5) is 20.3. The average Bonchev–Trinajstić information content (AvgIpc) is 3.78. The summed E-state index contributed by atoms with van der Waals surface area (Å²) >= 11 is 1.54. The molecule has 0 aliphatic rings. The van der Waals surface area contributed by atoms with Crippen molar-refractivity contribution in [2.24, 2.45) is 4.99 Å². The molecule has 0 bridgehead atoms. The highest BCUT2D eigenvalue weighted by atomic mass is 32.1. The van der Waals surface area contributed by atoms with Crippen molar-refractivity contribution in [1.29, 1.82) is 5.41 Å². The molecule has 0 aliphatic heterocycles. The smallest absolute Gasteiger partial charge is 0.164 e. The van der Waals surface area contributed by atoms with Gasteiger partial charge in [0.05, 0.1) is 0 Å². The second kappa shape index (κ2) is 13.1. The quantitative estimate of drug-likeness (QED) is 0.129. The second-order valence-corrected chi connectivity index (χ2v) is 12.7. The van der Waals surface area contributed by atoms with Crippen molar-refractivity contribution in [1.82, 2.24) is 15.0 Å². The largest absolute Gasteiger partial charge is 0.454 e. The van der Waals surface area contributed by atoms with Gasteiger partial charge in [0, 0.05) is 53.7 Å². The number of furan rings is 1. The van der Waals surface area contributed by atoms with Crippen molar-refractivity contribution in [2.75, 3.05) is 0 Å². The monoisotopic (exact) mass is 663 g/mol. The van der Waals surface area contributed by atoms with Crippen LogP contribution in [-0.4, -0.2) is 26.5 Å². The Labute approximate surface area is 293 Å². The molecule has 0 atom stereocenters. The topological polar surface area (TPSA) is 88.0 Å². The van der Waals surface area contributed by atoms with Gasteiger partial charge in [0.2, 0.25) is 0 Å². The normalized spacial score (nSPS) is 11.6. The van der Waals surface area contributed by atoms with E-state index < -0.39 is 0 Å². The van der Waals surface area contributed by atoms with Gasteiger partial charge in [-0.2, -0.15) is 0 Å². The van der Waals surface area contributed by atoms with Crippen LogP contribution >= 0.6 is 11.3 Å². The fraction of sp³-hybridized carbons (Fsp3) is 0. The Morgan fingerprint density at radius 1 is 0.680 bits per heavy atom. The Kier molecular flexibility index (Phi) is 8.08. The van der Waals surface area contributed by atoms with Gasteiger partial charge in [0.25, 0.3) is 0 Å². The van der Waals surface area contributed by atoms with Crippen LogP contribution in [0.15, 0.2) is 162 Å². The SMILES string of the molecule is C=Cc1c(C(=C)C(=N)N=C(c2ccccc2)c2cc3ccccc3o2)sc2cc(-c3nc(-c4ccccc4)nc(-c4ccccc4)n3)ccc12. The summed E-state index contributed by atoms with van der Waals surface area (Å²) in [6, 6.07) is 45.6. The van der Waals surface area contributed by atoms with Gasteiger partial charge in [-0.15, -0.1) is 11.3 Å². The Balaban J connectivity index is 1.19. The number of hydrogen-bond acceptors (Lipinski definition) is 6. The lowest BCUT2D eigenvalue weighted by Gasteiger charge is -2.08. The Morgan fingerprint density at radius 3 is 1.88 bits per heavy atom. The highest BCUT2D eigenvalue weighted by Gasteiger charge is 2.20. The first-order chi connectivity index (χ1) is 24.6. The van der Waals surface area contributed by atoms with Crippen LogP contribution in [0.5, 0.6) is 0 Å². The predicted molar refractivity (Wildman–Crippen MR) is 207 cm³/mol. The number of benzene rings is 5. The highest BCUT2D eigenvalue weighted by molar-refractivity contribution is 7.20. The summed E-state index contributed by atoms with van der Waals surface area (Å²) in [7, 11) is 0. The molecule has 7 heteroatoms. The number of nitrogens with zero attached hydrogens (tertiary/aromatic N) is 4. The van der Waals surface area contributed by atoms with Crippen molar-refractivity contribution in [3.63, 3.8) is 0 Å². The molecule has 3 heterocycles. The zero-order chi connectivity index (χ0) is 34.0. The maximum Gasteiger partial charge on any atom is 0.164 e. The maximum atomic E-state index is 9.15. The number of thiophene rings is 1. The summed E-state index contributed by atoms with van der Waals surface area (Å²) < 4.78 is 7.20. The molecular weight excluding hydrogens is 635 g/mol. The molecule has 8 rings (SSSR count). The lowest BCUT2D eigenvalue weighted by molar-refractivity contribution is 0.605. The highest BCUT2D eigenvalue weighted by Crippen LogP contribution is 2.39. The van der Waals surface area contributed by atoms with Gasteiger partial charge in [0.15, 0.2) is 29.1 Å². The molecule has 3 aromatic heterocycles. The number of aromatic nitrogens is 3. The third kappa shape index (κ3) is 5.87. The molecule has 0 aliphatic carbocycles. The molecule has 6 nitrogen and oxygen atoms in total. The van der Waals surface area contributed by atoms with Crippen LogP contribution in [0, 0.1) is 5.41 Å². The van der Waals surface area contributed by atoms with Crippen LogP contribution in [0.1, 0.15) is 21.8 Å². The van der Waals surface area contributed by atoms with E-state index in [1.807, 2.05) is 133 Å². The molecule has 0 fully saturated rings. The number of fused-ring (bicyclic) bond motifs is 2. The third-order valence-electron chi connectivity index (χ3n) is 8.38. The summed E-state index contributed by atoms with van der Waals surface area (Å²) in [5.41, 5.74) is 6.24. The molecule has 0 saturated heterocycles. The molecule has 238 valence electrons. The summed E-state index contributed by atoms with van der Waals surface area (Å²) in [6.45, 7) is 8.47. The van der Waals surface area contributed by atoms with E-state index >= 15 is 0 Å². The molecule has 0 saturated carbocycles. The Morgan fingerprint density at radius 2 is 1.26 bits per heavy atom. The Hall–Kier alpha value is -6.57. The fourth-order valence-corrected chi connectivity index (χ4v) is 7.08. The van der Waals surface area contributed by atoms with Gasteiger partial charge in [-0.25, -0.2) is 19.9 Å². The molecule has 1 N–H and O–H groups in total. The van der Waals surface area contributed by atoms with Crippen LogP contribution in [-0.2, 0) is 0 Å². The summed E-state index contributed by atoms with van der Waals surface area (Å²) in [5, 5.41) is 11.1. The summed E-state index contributed by atoms with van der Waals surface area (Å²) in [5.74, 6) is 2.40. The van der Waals surface area contributed by atoms with Crippen LogP contribution in [0.2, 0.25) is 0 Å². The van der Waals surface area contributed by atoms with Crippen molar-refractivity contribution >= 4 is 55.6 Å². The molecule has 0 spiro atoms. The molecule has 8 aromatic rings. The molecule has 0 radical (unpaired) electrons. The number of rotatable bonds is 8. The standard InChI is InChI=1S/C43H29N5OS/c1-3-33-34-24-23-32(43-47-41(29-17-9-5-10-18-29)46-42(48-43)30-19-11-6-12-20-30)26-37(34)50-39(33)27(2)40(44)45-38(28-15-7-4-8-16-28)36-25-31-21-13-14-22-35(31)49-36/h3-26,44H,1-2H2. The number of aliphatic imine (C=N–C) groups is 1. The van der Waals surface area contributed by atoms with E-state index in [0.717, 1.165) is 53.7 Å². The van der Waals surface area contributed by atoms with Crippen LogP contribution in [0.25, 0.3) is 66.9 Å². The lowest BCUT2D eigenvalue weighted by atomic mass is 10.0. The van der Waals surface area contributed by atoms with Crippen molar-refractivity contribution in [3.8, 4) is 34.2 Å². The van der Waals surface area contributed by atoms with Crippen LogP contribution < -0.4 is 0 Å².